The summed E-state index contributed by atoms with van der Waals surface area (Å²) in [5.41, 5.74) is 1.39. The molecule has 2 heteroatoms. The summed E-state index contributed by atoms with van der Waals surface area (Å²) in [4.78, 5) is 0. The fourth-order valence-corrected chi connectivity index (χ4v) is 2.11. The Morgan fingerprint density at radius 1 is 1.38 bits per heavy atom. The zero-order chi connectivity index (χ0) is 9.84. The van der Waals surface area contributed by atoms with Crippen molar-refractivity contribution in [1.29, 1.82) is 0 Å². The first-order chi connectivity index (χ1) is 6.13. The van der Waals surface area contributed by atoms with Crippen molar-refractivity contribution in [3.8, 4) is 5.75 Å². The van der Waals surface area contributed by atoms with Crippen LogP contribution in [0.15, 0.2) is 18.2 Å². The Morgan fingerprint density at radius 3 is 2.54 bits per heavy atom. The van der Waals surface area contributed by atoms with Gasteiger partial charge < -0.3 is 4.74 Å². The topological polar surface area (TPSA) is 9.23 Å². The van der Waals surface area contributed by atoms with E-state index < -0.39 is 0 Å². The molecule has 0 spiro atoms. The third kappa shape index (κ3) is 3.18. The van der Waals surface area contributed by atoms with E-state index in [1.807, 2.05) is 6.07 Å². The summed E-state index contributed by atoms with van der Waals surface area (Å²) in [7, 11) is 1.71. The maximum atomic E-state index is 5.20. The Bertz CT molecular complexity index is 281. The molecule has 0 saturated carbocycles. The van der Waals surface area contributed by atoms with E-state index in [0.29, 0.717) is 5.92 Å². The van der Waals surface area contributed by atoms with Gasteiger partial charge in [-0.1, -0.05) is 19.9 Å². The van der Waals surface area contributed by atoms with Gasteiger partial charge in [0.05, 0.1) is 10.7 Å². The van der Waals surface area contributed by atoms with Crippen molar-refractivity contribution < 1.29 is 4.74 Å². The van der Waals surface area contributed by atoms with Gasteiger partial charge in [-0.3, -0.25) is 0 Å². The minimum atomic E-state index is 0.712. The van der Waals surface area contributed by atoms with Crippen LogP contribution in [0.25, 0.3) is 0 Å². The highest BCUT2D eigenvalue weighted by Crippen LogP contribution is 2.22. The molecule has 0 aromatic heterocycles. The van der Waals surface area contributed by atoms with Gasteiger partial charge in [0.15, 0.2) is 0 Å². The van der Waals surface area contributed by atoms with Crippen molar-refractivity contribution in [1.82, 2.24) is 0 Å². The van der Waals surface area contributed by atoms with Gasteiger partial charge in [0.1, 0.15) is 5.75 Å². The fourth-order valence-electron chi connectivity index (χ4n) is 1.31. The lowest BCUT2D eigenvalue weighted by atomic mass is 10.0. The van der Waals surface area contributed by atoms with E-state index in [1.54, 1.807) is 7.11 Å². The van der Waals surface area contributed by atoms with Crippen LogP contribution in [-0.2, 0) is 6.42 Å². The predicted octanol–water partition coefficient (Wildman–Crippen LogP) is 3.50. The second kappa shape index (κ2) is 4.84. The van der Waals surface area contributed by atoms with Gasteiger partial charge in [-0.05, 0) is 52.6 Å². The normalized spacial score (nSPS) is 10.5. The number of hydrogen-bond acceptors (Lipinski definition) is 1. The number of hydrogen-bond donors (Lipinski definition) is 0. The van der Waals surface area contributed by atoms with Crippen LogP contribution in [0, 0.1) is 9.49 Å². The smallest absolute Gasteiger partial charge is 0.132 e. The average molecular weight is 290 g/mol. The van der Waals surface area contributed by atoms with Crippen molar-refractivity contribution in [2.75, 3.05) is 7.11 Å². The molecular weight excluding hydrogens is 275 g/mol. The van der Waals surface area contributed by atoms with Crippen molar-refractivity contribution in [2.45, 2.75) is 20.3 Å². The first-order valence-corrected chi connectivity index (χ1v) is 5.53. The third-order valence-corrected chi connectivity index (χ3v) is 2.70. The summed E-state index contributed by atoms with van der Waals surface area (Å²) < 4.78 is 6.39. The quantitative estimate of drug-likeness (QED) is 0.774. The van der Waals surface area contributed by atoms with Crippen molar-refractivity contribution in [2.24, 2.45) is 5.92 Å². The highest BCUT2D eigenvalue weighted by Gasteiger charge is 2.02. The van der Waals surface area contributed by atoms with E-state index in [0.717, 1.165) is 12.2 Å². The lowest BCUT2D eigenvalue weighted by molar-refractivity contribution is 0.411. The highest BCUT2D eigenvalue weighted by molar-refractivity contribution is 14.1. The largest absolute Gasteiger partial charge is 0.496 e. The molecule has 1 aromatic carbocycles. The fraction of sp³-hybridized carbons (Fsp3) is 0.455. The molecule has 0 aliphatic heterocycles. The van der Waals surface area contributed by atoms with Crippen LogP contribution in [0.5, 0.6) is 5.75 Å². The van der Waals surface area contributed by atoms with E-state index in [1.165, 1.54) is 9.13 Å². The van der Waals surface area contributed by atoms with E-state index in [4.69, 9.17) is 4.74 Å². The third-order valence-electron chi connectivity index (χ3n) is 1.86. The molecule has 0 radical (unpaired) electrons. The molecule has 0 fully saturated rings. The summed E-state index contributed by atoms with van der Waals surface area (Å²) in [6.45, 7) is 4.47. The van der Waals surface area contributed by atoms with Gasteiger partial charge in [0.2, 0.25) is 0 Å². The number of halogens is 1. The van der Waals surface area contributed by atoms with Crippen LogP contribution in [0.1, 0.15) is 19.4 Å². The highest BCUT2D eigenvalue weighted by atomic mass is 127. The Balaban J connectivity index is 2.83. The molecule has 72 valence electrons. The van der Waals surface area contributed by atoms with Gasteiger partial charge in [-0.25, -0.2) is 0 Å². The van der Waals surface area contributed by atoms with Crippen LogP contribution in [0.4, 0.5) is 0 Å². The van der Waals surface area contributed by atoms with E-state index in [2.05, 4.69) is 48.6 Å². The second-order valence-corrected chi connectivity index (χ2v) is 4.73. The molecule has 13 heavy (non-hydrogen) atoms. The van der Waals surface area contributed by atoms with Crippen LogP contribution in [-0.4, -0.2) is 7.11 Å². The van der Waals surface area contributed by atoms with Crippen molar-refractivity contribution in [3.05, 3.63) is 27.3 Å². The first kappa shape index (κ1) is 10.8. The van der Waals surface area contributed by atoms with Gasteiger partial charge >= 0.3 is 0 Å². The molecule has 0 aliphatic carbocycles. The minimum absolute atomic E-state index is 0.712. The molecule has 0 bridgehead atoms. The number of rotatable bonds is 3. The van der Waals surface area contributed by atoms with Crippen LogP contribution in [0.3, 0.4) is 0 Å². The van der Waals surface area contributed by atoms with Crippen LogP contribution < -0.4 is 4.74 Å². The number of ether oxygens (including phenoxy) is 1. The predicted molar refractivity (Wildman–Crippen MR) is 64.3 cm³/mol. The van der Waals surface area contributed by atoms with Crippen molar-refractivity contribution >= 4 is 22.6 Å². The van der Waals surface area contributed by atoms with Crippen molar-refractivity contribution in [3.63, 3.8) is 0 Å². The second-order valence-electron chi connectivity index (χ2n) is 3.57. The molecule has 0 unspecified atom stereocenters. The minimum Gasteiger partial charge on any atom is -0.496 e. The van der Waals surface area contributed by atoms with Gasteiger partial charge in [-0.15, -0.1) is 0 Å². The SMILES string of the molecule is COc1ccc(CC(C)C)cc1I. The number of methoxy groups -OCH3 is 1. The molecule has 0 amide bonds. The molecule has 0 N–H and O–H groups in total. The van der Waals surface area contributed by atoms with Gasteiger partial charge in [0.25, 0.3) is 0 Å². The maximum absolute atomic E-state index is 5.20. The Kier molecular flexibility index (Phi) is 4.03. The molecule has 1 rings (SSSR count). The van der Waals surface area contributed by atoms with Crippen LogP contribution >= 0.6 is 22.6 Å². The first-order valence-electron chi connectivity index (χ1n) is 4.46. The summed E-state index contributed by atoms with van der Waals surface area (Å²) in [6, 6.07) is 6.37. The van der Waals surface area contributed by atoms with E-state index in [-0.39, 0.29) is 0 Å². The maximum Gasteiger partial charge on any atom is 0.132 e. The standard InChI is InChI=1S/C11H15IO/c1-8(2)6-9-4-5-11(13-3)10(12)7-9/h4-5,7-8H,6H2,1-3H3. The zero-order valence-corrected chi connectivity index (χ0v) is 10.5. The Morgan fingerprint density at radius 2 is 2.08 bits per heavy atom. The molecular formula is C11H15IO. The van der Waals surface area contributed by atoms with Crippen LogP contribution in [0.2, 0.25) is 0 Å². The van der Waals surface area contributed by atoms with Gasteiger partial charge in [-0.2, -0.15) is 0 Å². The Hall–Kier alpha value is -0.250. The monoisotopic (exact) mass is 290 g/mol. The summed E-state index contributed by atoms with van der Waals surface area (Å²) in [5, 5.41) is 0. The molecule has 0 saturated heterocycles. The molecule has 0 heterocycles. The number of benzene rings is 1. The van der Waals surface area contributed by atoms with E-state index >= 15 is 0 Å². The average Bonchev–Trinajstić information content (AvgIpc) is 2.03. The molecule has 1 aromatic rings. The molecule has 0 aliphatic rings. The molecule has 1 nitrogen and oxygen atoms in total. The lowest BCUT2D eigenvalue weighted by Crippen LogP contribution is -1.95. The Labute approximate surface area is 93.6 Å². The van der Waals surface area contributed by atoms with E-state index in [9.17, 15) is 0 Å². The summed E-state index contributed by atoms with van der Waals surface area (Å²) in [5.74, 6) is 1.68. The summed E-state index contributed by atoms with van der Waals surface area (Å²) in [6.07, 6.45) is 1.14. The molecule has 0 atom stereocenters. The lowest BCUT2D eigenvalue weighted by Gasteiger charge is -2.07. The van der Waals surface area contributed by atoms with Gasteiger partial charge in [0, 0.05) is 0 Å². The zero-order valence-electron chi connectivity index (χ0n) is 8.30. The summed E-state index contributed by atoms with van der Waals surface area (Å²) >= 11 is 2.31.